The molecule has 0 radical (unpaired) electrons. The van der Waals surface area contributed by atoms with Gasteiger partial charge < -0.3 is 4.52 Å². The van der Waals surface area contributed by atoms with E-state index in [0.717, 1.165) is 0 Å². The topological polar surface area (TPSA) is 95.0 Å². The van der Waals surface area contributed by atoms with Gasteiger partial charge in [-0.25, -0.2) is 0 Å². The van der Waals surface area contributed by atoms with Gasteiger partial charge >= 0.3 is 0 Å². The van der Waals surface area contributed by atoms with Crippen molar-refractivity contribution in [3.8, 4) is 23.0 Å². The van der Waals surface area contributed by atoms with Crippen LogP contribution in [0.4, 0.5) is 5.69 Å². The van der Waals surface area contributed by atoms with Gasteiger partial charge in [-0.2, -0.15) is 4.98 Å². The molecule has 7 heteroatoms. The highest BCUT2D eigenvalue weighted by atomic mass is 16.6. The van der Waals surface area contributed by atoms with Gasteiger partial charge in [-0.3, -0.25) is 15.1 Å². The summed E-state index contributed by atoms with van der Waals surface area (Å²) in [6.07, 6.45) is 1.61. The Balaban J connectivity index is 2.05. The molecule has 0 N–H and O–H groups in total. The zero-order valence-electron chi connectivity index (χ0n) is 10.1. The maximum atomic E-state index is 11.0. The smallest absolute Gasteiger partial charge is 0.282 e. The molecule has 0 saturated carbocycles. The Hall–Kier alpha value is -3.09. The summed E-state index contributed by atoms with van der Waals surface area (Å²) < 4.78 is 5.09. The maximum absolute atomic E-state index is 11.0. The molecule has 0 fully saturated rings. The van der Waals surface area contributed by atoms with Gasteiger partial charge in [0.1, 0.15) is 11.3 Å². The van der Waals surface area contributed by atoms with Crippen molar-refractivity contribution < 1.29 is 9.45 Å². The number of para-hydroxylation sites is 1. The zero-order valence-corrected chi connectivity index (χ0v) is 10.1. The van der Waals surface area contributed by atoms with Crippen molar-refractivity contribution in [2.24, 2.45) is 0 Å². The Morgan fingerprint density at radius 3 is 2.65 bits per heavy atom. The average molecular weight is 268 g/mol. The predicted octanol–water partition coefficient (Wildman–Crippen LogP) is 2.71. The van der Waals surface area contributed by atoms with Crippen LogP contribution in [0.5, 0.6) is 0 Å². The molecular formula is C13H8N4O3. The minimum atomic E-state index is -0.486. The second-order valence-electron chi connectivity index (χ2n) is 3.91. The van der Waals surface area contributed by atoms with Crippen molar-refractivity contribution in [2.75, 3.05) is 0 Å². The zero-order chi connectivity index (χ0) is 13.9. The van der Waals surface area contributed by atoms with E-state index in [0.29, 0.717) is 11.5 Å². The minimum absolute atomic E-state index is 0.0799. The van der Waals surface area contributed by atoms with Crippen LogP contribution >= 0.6 is 0 Å². The predicted molar refractivity (Wildman–Crippen MR) is 69.6 cm³/mol. The summed E-state index contributed by atoms with van der Waals surface area (Å²) in [7, 11) is 0. The molecule has 0 aliphatic carbocycles. The van der Waals surface area contributed by atoms with E-state index in [4.69, 9.17) is 4.52 Å². The number of rotatable bonds is 3. The fourth-order valence-corrected chi connectivity index (χ4v) is 1.75. The first-order chi connectivity index (χ1) is 9.75. The minimum Gasteiger partial charge on any atom is -0.333 e. The first-order valence-corrected chi connectivity index (χ1v) is 5.74. The highest BCUT2D eigenvalue weighted by molar-refractivity contribution is 5.67. The van der Waals surface area contributed by atoms with Crippen LogP contribution in [0.25, 0.3) is 23.0 Å². The van der Waals surface area contributed by atoms with Gasteiger partial charge in [0, 0.05) is 12.3 Å². The van der Waals surface area contributed by atoms with Crippen LogP contribution in [0.15, 0.2) is 53.2 Å². The summed E-state index contributed by atoms with van der Waals surface area (Å²) in [6, 6.07) is 11.5. The van der Waals surface area contributed by atoms with Gasteiger partial charge in [0.2, 0.25) is 5.82 Å². The lowest BCUT2D eigenvalue weighted by Gasteiger charge is -1.96. The Labute approximate surface area is 113 Å². The van der Waals surface area contributed by atoms with E-state index in [1.54, 1.807) is 42.6 Å². The second-order valence-corrected chi connectivity index (χ2v) is 3.91. The average Bonchev–Trinajstić information content (AvgIpc) is 2.98. The van der Waals surface area contributed by atoms with Crippen molar-refractivity contribution in [1.82, 2.24) is 15.1 Å². The van der Waals surface area contributed by atoms with Crippen LogP contribution in [-0.2, 0) is 0 Å². The fourth-order valence-electron chi connectivity index (χ4n) is 1.75. The molecule has 7 nitrogen and oxygen atoms in total. The van der Waals surface area contributed by atoms with Crippen molar-refractivity contribution in [3.63, 3.8) is 0 Å². The summed E-state index contributed by atoms with van der Waals surface area (Å²) in [5.41, 5.74) is 0.747. The number of hydrogen-bond acceptors (Lipinski definition) is 6. The third kappa shape index (κ3) is 2.12. The third-order valence-corrected chi connectivity index (χ3v) is 2.65. The Morgan fingerprint density at radius 2 is 1.90 bits per heavy atom. The molecule has 98 valence electrons. The normalized spacial score (nSPS) is 10.4. The van der Waals surface area contributed by atoms with Crippen LogP contribution in [-0.4, -0.2) is 20.0 Å². The van der Waals surface area contributed by atoms with E-state index in [2.05, 4.69) is 15.1 Å². The largest absolute Gasteiger partial charge is 0.333 e. The van der Waals surface area contributed by atoms with E-state index < -0.39 is 4.92 Å². The lowest BCUT2D eigenvalue weighted by Crippen LogP contribution is -1.91. The van der Waals surface area contributed by atoms with Crippen LogP contribution in [0, 0.1) is 10.1 Å². The summed E-state index contributed by atoms with van der Waals surface area (Å²) in [4.78, 5) is 18.7. The van der Waals surface area contributed by atoms with Crippen molar-refractivity contribution in [2.45, 2.75) is 0 Å². The molecule has 2 aromatic heterocycles. The second kappa shape index (κ2) is 4.88. The number of nitrogens with zero attached hydrogens (tertiary/aromatic N) is 4. The third-order valence-electron chi connectivity index (χ3n) is 2.65. The molecule has 0 amide bonds. The van der Waals surface area contributed by atoms with Gasteiger partial charge in [0.25, 0.3) is 11.6 Å². The quantitative estimate of drug-likeness (QED) is 0.535. The number of pyridine rings is 1. The van der Waals surface area contributed by atoms with Crippen LogP contribution in [0.3, 0.4) is 0 Å². The molecule has 3 rings (SSSR count). The van der Waals surface area contributed by atoms with Crippen LogP contribution in [0.2, 0.25) is 0 Å². The standard InChI is InChI=1S/C13H8N4O3/c18-17(19)11-7-2-1-5-9(11)13-15-12(16-20-13)10-6-3-4-8-14-10/h1-8H. The number of benzene rings is 1. The molecule has 20 heavy (non-hydrogen) atoms. The molecule has 0 bridgehead atoms. The van der Waals surface area contributed by atoms with Crippen LogP contribution in [0.1, 0.15) is 0 Å². The Morgan fingerprint density at radius 1 is 1.10 bits per heavy atom. The molecular weight excluding hydrogens is 260 g/mol. The number of nitro groups is 1. The van der Waals surface area contributed by atoms with Crippen molar-refractivity contribution in [1.29, 1.82) is 0 Å². The molecule has 2 heterocycles. The van der Waals surface area contributed by atoms with Crippen molar-refractivity contribution >= 4 is 5.69 Å². The molecule has 0 saturated heterocycles. The molecule has 0 unspecified atom stereocenters. The summed E-state index contributed by atoms with van der Waals surface area (Å²) in [6.45, 7) is 0. The fraction of sp³-hybridized carbons (Fsp3) is 0. The SMILES string of the molecule is O=[N+]([O-])c1ccccc1-c1nc(-c2ccccn2)no1. The van der Waals surface area contributed by atoms with Gasteiger partial charge in [-0.1, -0.05) is 23.4 Å². The van der Waals surface area contributed by atoms with Gasteiger partial charge in [0.15, 0.2) is 0 Å². The highest BCUT2D eigenvalue weighted by Crippen LogP contribution is 2.29. The summed E-state index contributed by atoms with van der Waals surface area (Å²) in [5, 5.41) is 14.8. The highest BCUT2D eigenvalue weighted by Gasteiger charge is 2.20. The van der Waals surface area contributed by atoms with Gasteiger partial charge in [0.05, 0.1) is 4.92 Å². The first-order valence-electron chi connectivity index (χ1n) is 5.74. The van der Waals surface area contributed by atoms with Crippen LogP contribution < -0.4 is 0 Å². The maximum Gasteiger partial charge on any atom is 0.282 e. The lowest BCUT2D eigenvalue weighted by molar-refractivity contribution is -0.384. The summed E-state index contributed by atoms with van der Waals surface area (Å²) >= 11 is 0. The Bertz CT molecular complexity index is 755. The molecule has 0 aliphatic heterocycles. The Kier molecular flexibility index (Phi) is 2.92. The monoisotopic (exact) mass is 268 g/mol. The van der Waals surface area contributed by atoms with Gasteiger partial charge in [-0.15, -0.1) is 0 Å². The molecule has 0 atom stereocenters. The molecule has 1 aromatic carbocycles. The summed E-state index contributed by atoms with van der Waals surface area (Å²) in [5.74, 6) is 0.386. The molecule has 3 aromatic rings. The number of aromatic nitrogens is 3. The van der Waals surface area contributed by atoms with Crippen molar-refractivity contribution in [3.05, 3.63) is 58.8 Å². The van der Waals surface area contributed by atoms with E-state index in [9.17, 15) is 10.1 Å². The van der Waals surface area contributed by atoms with Gasteiger partial charge in [-0.05, 0) is 18.2 Å². The lowest BCUT2D eigenvalue weighted by atomic mass is 10.2. The molecule has 0 aliphatic rings. The number of hydrogen-bond donors (Lipinski definition) is 0. The van der Waals surface area contributed by atoms with E-state index in [1.807, 2.05) is 0 Å². The molecule has 0 spiro atoms. The van der Waals surface area contributed by atoms with E-state index >= 15 is 0 Å². The number of nitro benzene ring substituents is 1. The van der Waals surface area contributed by atoms with E-state index in [1.165, 1.54) is 6.07 Å². The first kappa shape index (κ1) is 12.0. The van der Waals surface area contributed by atoms with E-state index in [-0.39, 0.29) is 17.1 Å².